The third-order valence-electron chi connectivity index (χ3n) is 5.35. The van der Waals surface area contributed by atoms with Crippen LogP contribution in [0.1, 0.15) is 47.6 Å². The number of benzene rings is 2. The lowest BCUT2D eigenvalue weighted by Crippen LogP contribution is -2.13. The lowest BCUT2D eigenvalue weighted by Gasteiger charge is -2.26. The number of hydrogen-bond acceptors (Lipinski definition) is 1. The van der Waals surface area contributed by atoms with Crippen LogP contribution in [0.2, 0.25) is 0 Å². The van der Waals surface area contributed by atoms with E-state index in [9.17, 15) is 0 Å². The summed E-state index contributed by atoms with van der Waals surface area (Å²) in [7, 11) is 0. The standard InChI is InChI=1S/C26H28N2O/c1-3-9-21(10-4-1)25(17-15-23-13-7-19-27-23)29-26(22-11-5-2-6-12-22)18-16-24-14-8-20-28-24/h1-14,19-20,25-28H,15-18H2. The van der Waals surface area contributed by atoms with Crippen LogP contribution in [-0.2, 0) is 17.6 Å². The smallest absolute Gasteiger partial charge is 0.0837 e. The monoisotopic (exact) mass is 384 g/mol. The summed E-state index contributed by atoms with van der Waals surface area (Å²) in [5.74, 6) is 0. The maximum absolute atomic E-state index is 6.79. The molecule has 4 aromatic rings. The molecule has 0 amide bonds. The van der Waals surface area contributed by atoms with Crippen molar-refractivity contribution in [2.24, 2.45) is 0 Å². The predicted octanol–water partition coefficient (Wildman–Crippen LogP) is 6.41. The quantitative estimate of drug-likeness (QED) is 0.326. The van der Waals surface area contributed by atoms with Gasteiger partial charge in [0.1, 0.15) is 0 Å². The second kappa shape index (κ2) is 9.94. The first-order valence-corrected chi connectivity index (χ1v) is 10.4. The molecular weight excluding hydrogens is 356 g/mol. The zero-order chi connectivity index (χ0) is 19.7. The van der Waals surface area contributed by atoms with E-state index < -0.39 is 0 Å². The fraction of sp³-hybridized carbons (Fsp3) is 0.231. The second-order valence-electron chi connectivity index (χ2n) is 7.40. The van der Waals surface area contributed by atoms with Crippen LogP contribution in [0, 0.1) is 0 Å². The van der Waals surface area contributed by atoms with Gasteiger partial charge in [-0.3, -0.25) is 0 Å². The molecule has 0 saturated heterocycles. The van der Waals surface area contributed by atoms with Gasteiger partial charge in [-0.05, 0) is 61.1 Å². The molecule has 3 nitrogen and oxygen atoms in total. The minimum absolute atomic E-state index is 0.0494. The first-order valence-electron chi connectivity index (χ1n) is 10.4. The molecule has 0 fully saturated rings. The van der Waals surface area contributed by atoms with Crippen LogP contribution >= 0.6 is 0 Å². The Labute approximate surface area is 172 Å². The van der Waals surface area contributed by atoms with Crippen LogP contribution in [0.3, 0.4) is 0 Å². The largest absolute Gasteiger partial charge is 0.366 e. The molecule has 2 aromatic heterocycles. The predicted molar refractivity (Wildman–Crippen MR) is 118 cm³/mol. The number of hydrogen-bond donors (Lipinski definition) is 2. The molecule has 3 heteroatoms. The molecule has 0 aliphatic carbocycles. The van der Waals surface area contributed by atoms with Gasteiger partial charge >= 0.3 is 0 Å². The van der Waals surface area contributed by atoms with Crippen molar-refractivity contribution in [2.75, 3.05) is 0 Å². The van der Waals surface area contributed by atoms with Gasteiger partial charge in [0.15, 0.2) is 0 Å². The summed E-state index contributed by atoms with van der Waals surface area (Å²) in [6, 6.07) is 29.6. The topological polar surface area (TPSA) is 40.8 Å². The average Bonchev–Trinajstić information content (AvgIpc) is 3.49. The first kappa shape index (κ1) is 19.3. The van der Waals surface area contributed by atoms with Crippen molar-refractivity contribution in [1.82, 2.24) is 9.97 Å². The summed E-state index contributed by atoms with van der Waals surface area (Å²) in [5.41, 5.74) is 4.97. The molecule has 2 N–H and O–H groups in total. The number of rotatable bonds is 10. The second-order valence-corrected chi connectivity index (χ2v) is 7.40. The molecule has 2 unspecified atom stereocenters. The summed E-state index contributed by atoms with van der Waals surface area (Å²) in [5, 5.41) is 0. The van der Waals surface area contributed by atoms with Gasteiger partial charge in [-0.25, -0.2) is 0 Å². The molecular formula is C26H28N2O. The first-order chi connectivity index (χ1) is 14.4. The average molecular weight is 385 g/mol. The van der Waals surface area contributed by atoms with E-state index in [0.717, 1.165) is 25.7 Å². The van der Waals surface area contributed by atoms with Crippen LogP contribution in [0.5, 0.6) is 0 Å². The van der Waals surface area contributed by atoms with E-state index in [1.165, 1.54) is 22.5 Å². The SMILES string of the molecule is c1ccc(C(CCc2ccc[nH]2)OC(CCc2ccc[nH]2)c2ccccc2)cc1. The van der Waals surface area contributed by atoms with Crippen LogP contribution in [0.15, 0.2) is 97.3 Å². The van der Waals surface area contributed by atoms with Gasteiger partial charge in [0.05, 0.1) is 12.2 Å². The molecule has 148 valence electrons. The maximum Gasteiger partial charge on any atom is 0.0837 e. The van der Waals surface area contributed by atoms with Crippen LogP contribution in [0.4, 0.5) is 0 Å². The van der Waals surface area contributed by atoms with Gasteiger partial charge in [0.25, 0.3) is 0 Å². The highest BCUT2D eigenvalue weighted by Crippen LogP contribution is 2.33. The van der Waals surface area contributed by atoms with Crippen molar-refractivity contribution in [1.29, 1.82) is 0 Å². The molecule has 2 aromatic carbocycles. The summed E-state index contributed by atoms with van der Waals surface area (Å²) in [4.78, 5) is 6.63. The van der Waals surface area contributed by atoms with Gasteiger partial charge in [0, 0.05) is 23.8 Å². The van der Waals surface area contributed by atoms with E-state index in [2.05, 4.69) is 94.9 Å². The highest BCUT2D eigenvalue weighted by Gasteiger charge is 2.20. The maximum atomic E-state index is 6.79. The number of aromatic amines is 2. The summed E-state index contributed by atoms with van der Waals surface area (Å²) < 4.78 is 6.79. The van der Waals surface area contributed by atoms with Crippen molar-refractivity contribution in [3.63, 3.8) is 0 Å². The molecule has 0 aliphatic rings. The Hall–Kier alpha value is -3.04. The third kappa shape index (κ3) is 5.49. The number of nitrogens with one attached hydrogen (secondary N) is 2. The molecule has 0 saturated carbocycles. The molecule has 4 rings (SSSR count). The van der Waals surface area contributed by atoms with Crippen molar-refractivity contribution in [2.45, 2.75) is 37.9 Å². The van der Waals surface area contributed by atoms with Gasteiger partial charge in [-0.1, -0.05) is 60.7 Å². The molecule has 0 spiro atoms. The van der Waals surface area contributed by atoms with Gasteiger partial charge in [0.2, 0.25) is 0 Å². The van der Waals surface area contributed by atoms with E-state index in [1.54, 1.807) is 0 Å². The van der Waals surface area contributed by atoms with Crippen molar-refractivity contribution < 1.29 is 4.74 Å². The Morgan fingerprint density at radius 1 is 0.552 bits per heavy atom. The molecule has 0 radical (unpaired) electrons. The normalized spacial score (nSPS) is 13.2. The van der Waals surface area contributed by atoms with Crippen molar-refractivity contribution >= 4 is 0 Å². The van der Waals surface area contributed by atoms with Crippen molar-refractivity contribution in [3.8, 4) is 0 Å². The Balaban J connectivity index is 1.53. The highest BCUT2D eigenvalue weighted by molar-refractivity contribution is 5.21. The van der Waals surface area contributed by atoms with Crippen LogP contribution in [0.25, 0.3) is 0 Å². The number of ether oxygens (including phenoxy) is 1. The zero-order valence-electron chi connectivity index (χ0n) is 16.6. The number of aryl methyl sites for hydroxylation is 2. The van der Waals surface area contributed by atoms with Gasteiger partial charge in [-0.2, -0.15) is 0 Å². The van der Waals surface area contributed by atoms with Crippen molar-refractivity contribution in [3.05, 3.63) is 120 Å². The Morgan fingerprint density at radius 3 is 1.38 bits per heavy atom. The van der Waals surface area contributed by atoms with Crippen LogP contribution < -0.4 is 0 Å². The Morgan fingerprint density at radius 2 is 1.00 bits per heavy atom. The van der Waals surface area contributed by atoms with Gasteiger partial charge < -0.3 is 14.7 Å². The Kier molecular flexibility index (Phi) is 6.61. The minimum Gasteiger partial charge on any atom is -0.366 e. The minimum atomic E-state index is 0.0494. The lowest BCUT2D eigenvalue weighted by atomic mass is 10.0. The van der Waals surface area contributed by atoms with E-state index in [4.69, 9.17) is 4.74 Å². The summed E-state index contributed by atoms with van der Waals surface area (Å²) >= 11 is 0. The van der Waals surface area contributed by atoms with Gasteiger partial charge in [-0.15, -0.1) is 0 Å². The summed E-state index contributed by atoms with van der Waals surface area (Å²) in [6.07, 6.45) is 7.87. The van der Waals surface area contributed by atoms with E-state index in [-0.39, 0.29) is 12.2 Å². The fourth-order valence-corrected chi connectivity index (χ4v) is 3.78. The molecule has 0 bridgehead atoms. The Bertz CT molecular complexity index is 851. The molecule has 2 heterocycles. The lowest BCUT2D eigenvalue weighted by molar-refractivity contribution is -0.0239. The highest BCUT2D eigenvalue weighted by atomic mass is 16.5. The number of aromatic nitrogens is 2. The van der Waals surface area contributed by atoms with E-state index in [1.807, 2.05) is 12.4 Å². The number of H-pyrrole nitrogens is 2. The van der Waals surface area contributed by atoms with E-state index in [0.29, 0.717) is 0 Å². The molecule has 29 heavy (non-hydrogen) atoms. The zero-order valence-corrected chi connectivity index (χ0v) is 16.6. The van der Waals surface area contributed by atoms with Crippen LogP contribution in [-0.4, -0.2) is 9.97 Å². The molecule has 0 aliphatic heterocycles. The fourth-order valence-electron chi connectivity index (χ4n) is 3.78. The molecule has 2 atom stereocenters. The van der Waals surface area contributed by atoms with E-state index >= 15 is 0 Å². The third-order valence-corrected chi connectivity index (χ3v) is 5.35. The summed E-state index contributed by atoms with van der Waals surface area (Å²) in [6.45, 7) is 0.